The molecule has 2 aromatic heterocycles. The van der Waals surface area contributed by atoms with Crippen molar-refractivity contribution < 1.29 is 14.3 Å². The number of rotatable bonds is 7. The number of hydrogen-bond acceptors (Lipinski definition) is 6. The molecule has 3 rings (SSSR count). The van der Waals surface area contributed by atoms with Crippen molar-refractivity contribution >= 4 is 33.7 Å². The van der Waals surface area contributed by atoms with Crippen molar-refractivity contribution in [2.75, 3.05) is 25.7 Å². The van der Waals surface area contributed by atoms with Gasteiger partial charge in [-0.3, -0.25) is 9.69 Å². The number of nitrogens with zero attached hydrogens (tertiary/aromatic N) is 2. The minimum absolute atomic E-state index is 0.0165. The van der Waals surface area contributed by atoms with E-state index in [0.717, 1.165) is 17.0 Å². The predicted octanol–water partition coefficient (Wildman–Crippen LogP) is 5.19. The topological polar surface area (TPSA) is 51.7 Å². The number of carbonyl (C=O) groups is 1. The predicted molar refractivity (Wildman–Crippen MR) is 111 cm³/mol. The lowest BCUT2D eigenvalue weighted by Gasteiger charge is -2.21. The average molecular weight is 403 g/mol. The third-order valence-corrected chi connectivity index (χ3v) is 5.65. The molecule has 0 radical (unpaired) electrons. The number of carbonyl (C=O) groups excluding carboxylic acids is 1. The third kappa shape index (κ3) is 4.31. The Labute approximate surface area is 167 Å². The molecule has 0 fully saturated rings. The molecule has 0 aliphatic heterocycles. The number of hydrogen-bond donors (Lipinski definition) is 0. The van der Waals surface area contributed by atoms with E-state index in [2.05, 4.69) is 13.8 Å². The zero-order chi connectivity index (χ0) is 19.4. The Morgan fingerprint density at radius 1 is 1.19 bits per heavy atom. The maximum absolute atomic E-state index is 13.0. The first kappa shape index (κ1) is 19.4. The van der Waals surface area contributed by atoms with E-state index in [4.69, 9.17) is 14.5 Å². The lowest BCUT2D eigenvalue weighted by molar-refractivity contribution is 0.0987. The lowest BCUT2D eigenvalue weighted by atomic mass is 10.1. The van der Waals surface area contributed by atoms with Crippen molar-refractivity contribution in [1.82, 2.24) is 4.98 Å². The quantitative estimate of drug-likeness (QED) is 0.546. The number of aromatic nitrogens is 1. The van der Waals surface area contributed by atoms with E-state index in [-0.39, 0.29) is 5.91 Å². The van der Waals surface area contributed by atoms with E-state index in [1.807, 2.05) is 41.1 Å². The van der Waals surface area contributed by atoms with Crippen LogP contribution < -0.4 is 14.4 Å². The number of benzene rings is 1. The van der Waals surface area contributed by atoms with E-state index in [9.17, 15) is 4.79 Å². The lowest BCUT2D eigenvalue weighted by Crippen LogP contribution is -2.33. The Kier molecular flexibility index (Phi) is 6.13. The standard InChI is InChI=1S/C20H22N2O3S2/c1-13(2)11-22(19(23)18-6-5-9-26-18)20-21-16(12-27-20)15-10-14(24-3)7-8-17(15)25-4/h5-10,12-13H,11H2,1-4H3. The highest BCUT2D eigenvalue weighted by Crippen LogP contribution is 2.36. The van der Waals surface area contributed by atoms with Crippen molar-refractivity contribution in [3.63, 3.8) is 0 Å². The van der Waals surface area contributed by atoms with Crippen molar-refractivity contribution in [2.45, 2.75) is 13.8 Å². The molecule has 27 heavy (non-hydrogen) atoms. The van der Waals surface area contributed by atoms with Crippen LogP contribution in [0.4, 0.5) is 5.13 Å². The molecular formula is C20H22N2O3S2. The van der Waals surface area contributed by atoms with Crippen molar-refractivity contribution in [3.8, 4) is 22.8 Å². The Hall–Kier alpha value is -2.38. The summed E-state index contributed by atoms with van der Waals surface area (Å²) in [5, 5.41) is 4.54. The summed E-state index contributed by atoms with van der Waals surface area (Å²) >= 11 is 2.90. The van der Waals surface area contributed by atoms with Crippen molar-refractivity contribution in [2.24, 2.45) is 5.92 Å². The number of thiophene rings is 1. The summed E-state index contributed by atoms with van der Waals surface area (Å²) in [5.41, 5.74) is 1.60. The summed E-state index contributed by atoms with van der Waals surface area (Å²) in [5.74, 6) is 1.76. The summed E-state index contributed by atoms with van der Waals surface area (Å²) < 4.78 is 10.8. The fourth-order valence-electron chi connectivity index (χ4n) is 2.67. The minimum atomic E-state index is -0.0165. The number of methoxy groups -OCH3 is 2. The van der Waals surface area contributed by atoms with Crippen LogP contribution in [0, 0.1) is 5.92 Å². The monoisotopic (exact) mass is 402 g/mol. The molecule has 0 spiro atoms. The normalized spacial score (nSPS) is 10.9. The SMILES string of the molecule is COc1ccc(OC)c(-c2csc(N(CC(C)C)C(=O)c3cccs3)n2)c1. The van der Waals surface area contributed by atoms with E-state index >= 15 is 0 Å². The zero-order valence-corrected chi connectivity index (χ0v) is 17.4. The first-order valence-corrected chi connectivity index (χ1v) is 10.3. The largest absolute Gasteiger partial charge is 0.497 e. The average Bonchev–Trinajstić information content (AvgIpc) is 3.36. The molecule has 0 unspecified atom stereocenters. The highest BCUT2D eigenvalue weighted by molar-refractivity contribution is 7.14. The molecule has 1 aromatic carbocycles. The molecule has 3 aromatic rings. The Bertz CT molecular complexity index is 904. The molecule has 142 valence electrons. The van der Waals surface area contributed by atoms with Gasteiger partial charge < -0.3 is 9.47 Å². The summed E-state index contributed by atoms with van der Waals surface area (Å²) in [6, 6.07) is 9.34. The van der Waals surface area contributed by atoms with Crippen LogP contribution in [0.25, 0.3) is 11.3 Å². The highest BCUT2D eigenvalue weighted by atomic mass is 32.1. The number of ether oxygens (including phenoxy) is 2. The molecule has 0 saturated heterocycles. The van der Waals surface area contributed by atoms with Gasteiger partial charge in [0.05, 0.1) is 24.8 Å². The van der Waals surface area contributed by atoms with Crippen LogP contribution in [0.3, 0.4) is 0 Å². The van der Waals surface area contributed by atoms with Crippen LogP contribution in [0.2, 0.25) is 0 Å². The Morgan fingerprint density at radius 2 is 2.00 bits per heavy atom. The van der Waals surface area contributed by atoms with Gasteiger partial charge in [-0.1, -0.05) is 19.9 Å². The van der Waals surface area contributed by atoms with E-state index in [1.54, 1.807) is 19.1 Å². The van der Waals surface area contributed by atoms with Crippen LogP contribution in [-0.2, 0) is 0 Å². The van der Waals surface area contributed by atoms with Crippen LogP contribution in [-0.4, -0.2) is 31.7 Å². The third-order valence-electron chi connectivity index (χ3n) is 3.93. The first-order valence-electron chi connectivity index (χ1n) is 8.56. The van der Waals surface area contributed by atoms with Crippen LogP contribution >= 0.6 is 22.7 Å². The van der Waals surface area contributed by atoms with Crippen molar-refractivity contribution in [1.29, 1.82) is 0 Å². The van der Waals surface area contributed by atoms with Gasteiger partial charge in [0.1, 0.15) is 11.5 Å². The number of thiazole rings is 1. The van der Waals surface area contributed by atoms with Gasteiger partial charge in [0.2, 0.25) is 0 Å². The van der Waals surface area contributed by atoms with Gasteiger partial charge in [-0.25, -0.2) is 4.98 Å². The molecule has 0 bridgehead atoms. The summed E-state index contributed by atoms with van der Waals surface area (Å²) in [6.45, 7) is 4.79. The first-order chi connectivity index (χ1) is 13.0. The Balaban J connectivity index is 1.98. The zero-order valence-electron chi connectivity index (χ0n) is 15.8. The van der Waals surface area contributed by atoms with Crippen LogP contribution in [0.1, 0.15) is 23.5 Å². The van der Waals surface area contributed by atoms with Gasteiger partial charge >= 0.3 is 0 Å². The second-order valence-electron chi connectivity index (χ2n) is 6.37. The highest BCUT2D eigenvalue weighted by Gasteiger charge is 2.23. The number of anilines is 1. The van der Waals surface area contributed by atoms with Gasteiger partial charge in [-0.05, 0) is 35.6 Å². The molecule has 7 heteroatoms. The fraction of sp³-hybridized carbons (Fsp3) is 0.300. The van der Waals surface area contributed by atoms with Crippen LogP contribution in [0.5, 0.6) is 11.5 Å². The van der Waals surface area contributed by atoms with Gasteiger partial charge in [0.25, 0.3) is 5.91 Å². The van der Waals surface area contributed by atoms with E-state index < -0.39 is 0 Å². The number of amides is 1. The van der Waals surface area contributed by atoms with Gasteiger partial charge in [0, 0.05) is 17.5 Å². The molecule has 0 saturated carbocycles. The smallest absolute Gasteiger partial charge is 0.270 e. The van der Waals surface area contributed by atoms with Gasteiger partial charge in [-0.15, -0.1) is 22.7 Å². The molecule has 5 nitrogen and oxygen atoms in total. The molecule has 1 amide bonds. The second-order valence-corrected chi connectivity index (χ2v) is 8.15. The van der Waals surface area contributed by atoms with Crippen LogP contribution in [0.15, 0.2) is 41.1 Å². The second kappa shape index (κ2) is 8.54. The molecule has 0 aliphatic rings. The molecular weight excluding hydrogens is 380 g/mol. The van der Waals surface area contributed by atoms with Gasteiger partial charge in [-0.2, -0.15) is 0 Å². The summed E-state index contributed by atoms with van der Waals surface area (Å²) in [6.07, 6.45) is 0. The van der Waals surface area contributed by atoms with Gasteiger partial charge in [0.15, 0.2) is 5.13 Å². The summed E-state index contributed by atoms with van der Waals surface area (Å²) in [7, 11) is 3.26. The molecule has 2 heterocycles. The van der Waals surface area contributed by atoms with E-state index in [0.29, 0.717) is 28.2 Å². The maximum atomic E-state index is 13.0. The summed E-state index contributed by atoms with van der Waals surface area (Å²) in [4.78, 5) is 20.2. The van der Waals surface area contributed by atoms with E-state index in [1.165, 1.54) is 22.7 Å². The molecule has 0 aliphatic carbocycles. The Morgan fingerprint density at radius 3 is 2.63 bits per heavy atom. The maximum Gasteiger partial charge on any atom is 0.270 e. The van der Waals surface area contributed by atoms with Crippen molar-refractivity contribution in [3.05, 3.63) is 46.0 Å². The fourth-order valence-corrected chi connectivity index (χ4v) is 4.18. The molecule has 0 N–H and O–H groups in total. The minimum Gasteiger partial charge on any atom is -0.497 e. The molecule has 0 atom stereocenters.